The molecule has 3 N–H and O–H groups in total. The molecule has 0 radical (unpaired) electrons. The van der Waals surface area contributed by atoms with E-state index in [9.17, 15) is 4.79 Å². The van der Waals surface area contributed by atoms with Gasteiger partial charge in [0.25, 0.3) is 0 Å². The van der Waals surface area contributed by atoms with Crippen LogP contribution in [0.1, 0.15) is 84.0 Å². The van der Waals surface area contributed by atoms with E-state index in [0.717, 1.165) is 12.8 Å². The third-order valence-electron chi connectivity index (χ3n) is 3.09. The van der Waals surface area contributed by atoms with Crippen molar-refractivity contribution in [2.75, 3.05) is 13.2 Å². The Morgan fingerprint density at radius 2 is 1.05 bits per heavy atom. The van der Waals surface area contributed by atoms with Gasteiger partial charge in [-0.25, -0.2) is 0 Å². The summed E-state index contributed by atoms with van der Waals surface area (Å²) in [6.07, 6.45) is 14.4. The van der Waals surface area contributed by atoms with Crippen LogP contribution in [0.15, 0.2) is 0 Å². The Bertz CT molecular complexity index is 181. The van der Waals surface area contributed by atoms with E-state index in [1.807, 2.05) is 0 Å². The molecule has 122 valence electrons. The van der Waals surface area contributed by atoms with E-state index < -0.39 is 5.97 Å². The molecule has 0 bridgehead atoms. The van der Waals surface area contributed by atoms with Gasteiger partial charge in [-0.05, 0) is 6.42 Å². The maximum atomic E-state index is 10.3. The number of rotatable bonds is 13. The monoisotopic (exact) mass is 290 g/mol. The molecule has 0 fully saturated rings. The Kier molecular flexibility index (Phi) is 22.4. The third-order valence-corrected chi connectivity index (χ3v) is 3.09. The third kappa shape index (κ3) is 26.1. The van der Waals surface area contributed by atoms with Crippen molar-refractivity contribution < 1.29 is 20.1 Å². The van der Waals surface area contributed by atoms with Crippen LogP contribution in [-0.2, 0) is 4.79 Å². The van der Waals surface area contributed by atoms with Gasteiger partial charge in [-0.3, -0.25) is 4.79 Å². The van der Waals surface area contributed by atoms with Gasteiger partial charge in [0.15, 0.2) is 0 Å². The Hall–Kier alpha value is -0.610. The molecule has 0 heterocycles. The molecule has 0 aliphatic carbocycles. The number of aliphatic hydroxyl groups excluding tert-OH is 2. The van der Waals surface area contributed by atoms with Gasteiger partial charge < -0.3 is 15.3 Å². The molecule has 0 aromatic rings. The lowest BCUT2D eigenvalue weighted by Crippen LogP contribution is -1.93. The van der Waals surface area contributed by atoms with Crippen molar-refractivity contribution in [2.24, 2.45) is 0 Å². The van der Waals surface area contributed by atoms with Crippen molar-refractivity contribution in [3.05, 3.63) is 0 Å². The van der Waals surface area contributed by atoms with Crippen molar-refractivity contribution in [1.29, 1.82) is 0 Å². The minimum absolute atomic E-state index is 0.125. The number of hydrogen-bond donors (Lipinski definition) is 3. The Morgan fingerprint density at radius 3 is 1.35 bits per heavy atom. The molecular formula is C16H34O4. The summed E-state index contributed by atoms with van der Waals surface area (Å²) < 4.78 is 0. The van der Waals surface area contributed by atoms with Gasteiger partial charge in [-0.2, -0.15) is 0 Å². The molecule has 4 heteroatoms. The first-order valence-corrected chi connectivity index (χ1v) is 8.12. The molecular weight excluding hydrogens is 256 g/mol. The number of carboxylic acid groups (broad SMARTS) is 1. The Balaban J connectivity index is 0. The SMILES string of the molecule is CCCCCCCCCCCCCC(=O)O.OCCO. The van der Waals surface area contributed by atoms with Crippen LogP contribution in [0.3, 0.4) is 0 Å². The lowest BCUT2D eigenvalue weighted by atomic mass is 10.1. The van der Waals surface area contributed by atoms with Crippen LogP contribution in [0.25, 0.3) is 0 Å². The van der Waals surface area contributed by atoms with Crippen LogP contribution < -0.4 is 0 Å². The molecule has 0 aromatic carbocycles. The second-order valence-corrected chi connectivity index (χ2v) is 5.13. The fraction of sp³-hybridized carbons (Fsp3) is 0.938. The summed E-state index contributed by atoms with van der Waals surface area (Å²) in [5, 5.41) is 23.7. The van der Waals surface area contributed by atoms with E-state index in [1.165, 1.54) is 57.8 Å². The van der Waals surface area contributed by atoms with Gasteiger partial charge >= 0.3 is 5.97 Å². The van der Waals surface area contributed by atoms with Crippen LogP contribution in [0.5, 0.6) is 0 Å². The number of hydrogen-bond acceptors (Lipinski definition) is 3. The van der Waals surface area contributed by atoms with Gasteiger partial charge in [0.1, 0.15) is 0 Å². The molecule has 20 heavy (non-hydrogen) atoms. The Morgan fingerprint density at radius 1 is 0.700 bits per heavy atom. The lowest BCUT2D eigenvalue weighted by Gasteiger charge is -2.01. The fourth-order valence-electron chi connectivity index (χ4n) is 1.94. The minimum atomic E-state index is -0.657. The molecule has 0 saturated heterocycles. The average Bonchev–Trinajstić information content (AvgIpc) is 2.44. The molecule has 0 unspecified atom stereocenters. The van der Waals surface area contributed by atoms with E-state index >= 15 is 0 Å². The van der Waals surface area contributed by atoms with Crippen molar-refractivity contribution >= 4 is 5.97 Å². The quantitative estimate of drug-likeness (QED) is 0.451. The molecule has 0 rings (SSSR count). The molecule has 0 amide bonds. The van der Waals surface area contributed by atoms with Crippen LogP contribution in [0.2, 0.25) is 0 Å². The normalized spacial score (nSPS) is 9.95. The van der Waals surface area contributed by atoms with Crippen LogP contribution in [0.4, 0.5) is 0 Å². The summed E-state index contributed by atoms with van der Waals surface area (Å²) >= 11 is 0. The summed E-state index contributed by atoms with van der Waals surface area (Å²) in [7, 11) is 0. The fourth-order valence-corrected chi connectivity index (χ4v) is 1.94. The number of unbranched alkanes of at least 4 members (excludes halogenated alkanes) is 10. The van der Waals surface area contributed by atoms with Gasteiger partial charge in [-0.1, -0.05) is 71.1 Å². The van der Waals surface area contributed by atoms with Crippen molar-refractivity contribution in [3.63, 3.8) is 0 Å². The van der Waals surface area contributed by atoms with Crippen molar-refractivity contribution in [1.82, 2.24) is 0 Å². The van der Waals surface area contributed by atoms with Crippen molar-refractivity contribution in [3.8, 4) is 0 Å². The first-order chi connectivity index (χ1) is 9.68. The van der Waals surface area contributed by atoms with Gasteiger partial charge in [-0.15, -0.1) is 0 Å². The zero-order valence-electron chi connectivity index (χ0n) is 13.1. The van der Waals surface area contributed by atoms with E-state index in [4.69, 9.17) is 15.3 Å². The first kappa shape index (κ1) is 21.7. The maximum Gasteiger partial charge on any atom is 0.303 e. The second-order valence-electron chi connectivity index (χ2n) is 5.13. The number of aliphatic carboxylic acids is 1. The molecule has 4 nitrogen and oxygen atoms in total. The molecule has 0 aliphatic heterocycles. The number of aliphatic hydroxyl groups is 2. The second kappa shape index (κ2) is 20.7. The van der Waals surface area contributed by atoms with Gasteiger partial charge in [0.05, 0.1) is 13.2 Å². The predicted octanol–water partition coefficient (Wildman–Crippen LogP) is 3.74. The zero-order chi connectivity index (χ0) is 15.5. The summed E-state index contributed by atoms with van der Waals surface area (Å²) in [5.41, 5.74) is 0. The van der Waals surface area contributed by atoms with Crippen LogP contribution >= 0.6 is 0 Å². The maximum absolute atomic E-state index is 10.3. The first-order valence-electron chi connectivity index (χ1n) is 8.12. The zero-order valence-corrected chi connectivity index (χ0v) is 13.1. The lowest BCUT2D eigenvalue weighted by molar-refractivity contribution is -0.137. The smallest absolute Gasteiger partial charge is 0.303 e. The summed E-state index contributed by atoms with van der Waals surface area (Å²) in [5.74, 6) is -0.657. The van der Waals surface area contributed by atoms with Crippen molar-refractivity contribution in [2.45, 2.75) is 84.0 Å². The standard InChI is InChI=1S/C14H28O2.C2H6O2/c1-2-3-4-5-6-7-8-9-10-11-12-13-14(15)16;3-1-2-4/h2-13H2,1H3,(H,15,16);3-4H,1-2H2. The van der Waals surface area contributed by atoms with Crippen LogP contribution in [-0.4, -0.2) is 34.5 Å². The number of carboxylic acids is 1. The Labute approximate surface area is 124 Å². The largest absolute Gasteiger partial charge is 0.481 e. The molecule has 0 spiro atoms. The van der Waals surface area contributed by atoms with Crippen LogP contribution in [0, 0.1) is 0 Å². The highest BCUT2D eigenvalue weighted by molar-refractivity contribution is 5.66. The van der Waals surface area contributed by atoms with Gasteiger partial charge in [0.2, 0.25) is 0 Å². The van der Waals surface area contributed by atoms with Gasteiger partial charge in [0, 0.05) is 6.42 Å². The highest BCUT2D eigenvalue weighted by Crippen LogP contribution is 2.11. The summed E-state index contributed by atoms with van der Waals surface area (Å²) in [6, 6.07) is 0. The molecule has 0 atom stereocenters. The van der Waals surface area contributed by atoms with E-state index in [2.05, 4.69) is 6.92 Å². The van der Waals surface area contributed by atoms with E-state index in [0.29, 0.717) is 6.42 Å². The topological polar surface area (TPSA) is 77.8 Å². The van der Waals surface area contributed by atoms with E-state index in [-0.39, 0.29) is 13.2 Å². The number of carbonyl (C=O) groups is 1. The average molecular weight is 290 g/mol. The molecule has 0 aromatic heterocycles. The summed E-state index contributed by atoms with van der Waals surface area (Å²) in [4.78, 5) is 10.3. The highest BCUT2D eigenvalue weighted by Gasteiger charge is 1.96. The summed E-state index contributed by atoms with van der Waals surface area (Å²) in [6.45, 7) is 2.00. The molecule has 0 saturated carbocycles. The predicted molar refractivity (Wildman–Crippen MR) is 82.9 cm³/mol. The minimum Gasteiger partial charge on any atom is -0.481 e. The molecule has 0 aliphatic rings. The van der Waals surface area contributed by atoms with E-state index in [1.54, 1.807) is 0 Å². The highest BCUT2D eigenvalue weighted by atomic mass is 16.4.